The molecule has 5 nitrogen and oxygen atoms in total. The monoisotopic (exact) mass is 356 g/mol. The lowest BCUT2D eigenvalue weighted by Crippen LogP contribution is -2.19. The summed E-state index contributed by atoms with van der Waals surface area (Å²) in [6, 6.07) is 22.2. The zero-order valence-corrected chi connectivity index (χ0v) is 14.4. The first-order valence-corrected chi connectivity index (χ1v) is 8.52. The highest BCUT2D eigenvalue weighted by molar-refractivity contribution is 5.86. The summed E-state index contributed by atoms with van der Waals surface area (Å²) >= 11 is 0. The summed E-state index contributed by atoms with van der Waals surface area (Å²) in [5.41, 5.74) is 3.63. The van der Waals surface area contributed by atoms with Gasteiger partial charge in [-0.05, 0) is 42.0 Å². The number of nitrogens with zero attached hydrogens (tertiary/aromatic N) is 2. The molecule has 1 aliphatic heterocycles. The Morgan fingerprint density at radius 1 is 0.963 bits per heavy atom. The Bertz CT molecular complexity index is 992. The fraction of sp³-hybridized carbons (Fsp3) is 0.0909. The van der Waals surface area contributed by atoms with Crippen molar-refractivity contribution < 1.29 is 14.6 Å². The Kier molecular flexibility index (Phi) is 4.23. The lowest BCUT2D eigenvalue weighted by Gasteiger charge is -2.32. The minimum absolute atomic E-state index is 0.190. The molecule has 0 aromatic heterocycles. The standard InChI is InChI=1S/C22H16N2O3/c1-23-17(22(25)26)14-15-10-12-16(13-11-15)24-18-6-2-4-8-20(18)27-21-9-5-3-7-19(21)24/h2-13,17H,14H2,(H,25,26). The predicted molar refractivity (Wildman–Crippen MR) is 103 cm³/mol. The Morgan fingerprint density at radius 2 is 1.52 bits per heavy atom. The van der Waals surface area contributed by atoms with Gasteiger partial charge >= 0.3 is 12.0 Å². The van der Waals surface area contributed by atoms with Gasteiger partial charge in [-0.2, -0.15) is 0 Å². The highest BCUT2D eigenvalue weighted by atomic mass is 16.5. The molecular weight excluding hydrogens is 340 g/mol. The summed E-state index contributed by atoms with van der Waals surface area (Å²) in [7, 11) is 0. The number of anilines is 3. The van der Waals surface area contributed by atoms with Crippen LogP contribution in [0, 0.1) is 6.57 Å². The molecule has 1 N–H and O–H groups in total. The first kappa shape index (κ1) is 16.7. The Labute approximate surface area is 156 Å². The molecule has 1 atom stereocenters. The van der Waals surface area contributed by atoms with Gasteiger partial charge in [-0.25, -0.2) is 11.4 Å². The van der Waals surface area contributed by atoms with Crippen molar-refractivity contribution in [3.63, 3.8) is 0 Å². The van der Waals surface area contributed by atoms with Crippen LogP contribution >= 0.6 is 0 Å². The number of fused-ring (bicyclic) bond motifs is 2. The van der Waals surface area contributed by atoms with E-state index in [4.69, 9.17) is 16.4 Å². The van der Waals surface area contributed by atoms with Gasteiger partial charge in [0.15, 0.2) is 11.5 Å². The van der Waals surface area contributed by atoms with Gasteiger partial charge < -0.3 is 19.6 Å². The van der Waals surface area contributed by atoms with Crippen LogP contribution in [0.3, 0.4) is 0 Å². The molecule has 1 heterocycles. The van der Waals surface area contributed by atoms with Crippen molar-refractivity contribution in [2.24, 2.45) is 0 Å². The molecule has 3 aromatic carbocycles. The summed E-state index contributed by atoms with van der Waals surface area (Å²) in [4.78, 5) is 16.4. The molecule has 132 valence electrons. The average molecular weight is 356 g/mol. The number of ether oxygens (including phenoxy) is 1. The van der Waals surface area contributed by atoms with Crippen molar-refractivity contribution in [3.05, 3.63) is 89.8 Å². The number of benzene rings is 3. The zero-order valence-electron chi connectivity index (χ0n) is 14.4. The van der Waals surface area contributed by atoms with Crippen LogP contribution in [0.1, 0.15) is 5.56 Å². The minimum atomic E-state index is -1.09. The second-order valence-electron chi connectivity index (χ2n) is 6.23. The molecule has 0 spiro atoms. The van der Waals surface area contributed by atoms with Crippen LogP contribution in [0.2, 0.25) is 0 Å². The number of hydrogen-bond acceptors (Lipinski definition) is 3. The maximum atomic E-state index is 11.1. The zero-order chi connectivity index (χ0) is 18.8. The number of aliphatic carboxylic acids is 1. The van der Waals surface area contributed by atoms with E-state index in [0.29, 0.717) is 0 Å². The SMILES string of the molecule is [C-]#[N+]C(Cc1ccc(N2c3ccccc3Oc3ccccc32)cc1)C(=O)O. The van der Waals surface area contributed by atoms with Crippen LogP contribution in [0.25, 0.3) is 4.85 Å². The van der Waals surface area contributed by atoms with E-state index < -0.39 is 12.0 Å². The van der Waals surface area contributed by atoms with Crippen LogP contribution < -0.4 is 9.64 Å². The highest BCUT2D eigenvalue weighted by Gasteiger charge is 2.26. The summed E-state index contributed by atoms with van der Waals surface area (Å²) < 4.78 is 6.01. The molecule has 0 saturated heterocycles. The molecule has 4 rings (SSSR count). The number of carboxylic acids is 1. The fourth-order valence-corrected chi connectivity index (χ4v) is 3.18. The summed E-state index contributed by atoms with van der Waals surface area (Å²) in [6.07, 6.45) is 0.190. The summed E-state index contributed by atoms with van der Waals surface area (Å²) in [6.45, 7) is 7.03. The molecule has 0 radical (unpaired) electrons. The van der Waals surface area contributed by atoms with E-state index in [2.05, 4.69) is 9.74 Å². The van der Waals surface area contributed by atoms with E-state index in [1.54, 1.807) is 0 Å². The molecular formula is C22H16N2O3. The molecule has 3 aromatic rings. The van der Waals surface area contributed by atoms with Crippen molar-refractivity contribution >= 4 is 23.0 Å². The summed E-state index contributed by atoms with van der Waals surface area (Å²) in [5.74, 6) is 0.462. The van der Waals surface area contributed by atoms with Gasteiger partial charge in [0.2, 0.25) is 0 Å². The second kappa shape index (κ2) is 6.85. The first-order valence-electron chi connectivity index (χ1n) is 8.52. The topological polar surface area (TPSA) is 54.1 Å². The minimum Gasteiger partial charge on any atom is -0.476 e. The Morgan fingerprint density at radius 3 is 2.04 bits per heavy atom. The van der Waals surface area contributed by atoms with Crippen molar-refractivity contribution in [1.29, 1.82) is 0 Å². The normalized spacial score (nSPS) is 12.9. The van der Waals surface area contributed by atoms with Crippen molar-refractivity contribution in [1.82, 2.24) is 0 Å². The van der Waals surface area contributed by atoms with Gasteiger partial charge in [0.25, 0.3) is 0 Å². The van der Waals surface area contributed by atoms with E-state index in [1.807, 2.05) is 72.8 Å². The first-order chi connectivity index (χ1) is 13.2. The van der Waals surface area contributed by atoms with Crippen LogP contribution in [-0.4, -0.2) is 17.1 Å². The molecule has 27 heavy (non-hydrogen) atoms. The second-order valence-corrected chi connectivity index (χ2v) is 6.23. The predicted octanol–water partition coefficient (Wildman–Crippen LogP) is 5.18. The van der Waals surface area contributed by atoms with Gasteiger partial charge in [0, 0.05) is 5.69 Å². The molecule has 1 aliphatic rings. The fourth-order valence-electron chi connectivity index (χ4n) is 3.18. The molecule has 0 fully saturated rings. The third-order valence-corrected chi connectivity index (χ3v) is 4.50. The smallest absolute Gasteiger partial charge is 0.388 e. The van der Waals surface area contributed by atoms with Crippen LogP contribution in [0.4, 0.5) is 17.1 Å². The molecule has 0 bridgehead atoms. The van der Waals surface area contributed by atoms with Gasteiger partial charge in [0.1, 0.15) is 0 Å². The Balaban J connectivity index is 1.72. The number of carboxylic acid groups (broad SMARTS) is 1. The van der Waals surface area contributed by atoms with Crippen LogP contribution in [-0.2, 0) is 11.2 Å². The van der Waals surface area contributed by atoms with Gasteiger partial charge in [-0.3, -0.25) is 0 Å². The van der Waals surface area contributed by atoms with Crippen LogP contribution in [0.15, 0.2) is 72.8 Å². The highest BCUT2D eigenvalue weighted by Crippen LogP contribution is 2.49. The van der Waals surface area contributed by atoms with E-state index in [1.165, 1.54) is 0 Å². The van der Waals surface area contributed by atoms with E-state index in [9.17, 15) is 4.79 Å². The molecule has 0 amide bonds. The Hall–Kier alpha value is -3.78. The molecule has 5 heteroatoms. The molecule has 0 saturated carbocycles. The molecule has 0 aliphatic carbocycles. The number of carbonyl (C=O) groups is 1. The number of para-hydroxylation sites is 4. The van der Waals surface area contributed by atoms with Crippen LogP contribution in [0.5, 0.6) is 11.5 Å². The number of hydrogen-bond donors (Lipinski definition) is 1. The van der Waals surface area contributed by atoms with E-state index in [0.717, 1.165) is 34.1 Å². The van der Waals surface area contributed by atoms with E-state index >= 15 is 0 Å². The van der Waals surface area contributed by atoms with Gasteiger partial charge in [0.05, 0.1) is 17.8 Å². The third-order valence-electron chi connectivity index (χ3n) is 4.50. The van der Waals surface area contributed by atoms with Gasteiger partial charge in [-0.1, -0.05) is 36.4 Å². The average Bonchev–Trinajstić information content (AvgIpc) is 2.70. The van der Waals surface area contributed by atoms with Crippen molar-refractivity contribution in [2.75, 3.05) is 4.90 Å². The lowest BCUT2D eigenvalue weighted by atomic mass is 10.0. The maximum Gasteiger partial charge on any atom is 0.388 e. The van der Waals surface area contributed by atoms with E-state index in [-0.39, 0.29) is 6.42 Å². The van der Waals surface area contributed by atoms with Gasteiger partial charge in [-0.15, -0.1) is 0 Å². The maximum absolute atomic E-state index is 11.1. The van der Waals surface area contributed by atoms with Crippen molar-refractivity contribution in [3.8, 4) is 11.5 Å². The molecule has 1 unspecified atom stereocenters. The lowest BCUT2D eigenvalue weighted by molar-refractivity contribution is -0.137. The summed E-state index contributed by atoms with van der Waals surface area (Å²) in [5, 5.41) is 9.08. The van der Waals surface area contributed by atoms with Crippen molar-refractivity contribution in [2.45, 2.75) is 12.5 Å². The quantitative estimate of drug-likeness (QED) is 0.512. The largest absolute Gasteiger partial charge is 0.476 e. The third kappa shape index (κ3) is 3.09. The number of rotatable bonds is 4.